The summed E-state index contributed by atoms with van der Waals surface area (Å²) in [4.78, 5) is 24.6. The van der Waals surface area contributed by atoms with Crippen molar-refractivity contribution < 1.29 is 33.6 Å². The van der Waals surface area contributed by atoms with Crippen LogP contribution in [0, 0.1) is 14.9 Å². The second kappa shape index (κ2) is 16.3. The van der Waals surface area contributed by atoms with Crippen LogP contribution >= 0.6 is 38.5 Å². The number of halogens is 2. The molecule has 3 aromatic rings. The zero-order valence-electron chi connectivity index (χ0n) is 25.1. The van der Waals surface area contributed by atoms with Gasteiger partial charge < -0.3 is 34.7 Å². The number of ether oxygens (including phenoxy) is 4. The van der Waals surface area contributed by atoms with Crippen LogP contribution in [0.3, 0.4) is 0 Å². The van der Waals surface area contributed by atoms with Gasteiger partial charge in [-0.3, -0.25) is 5.43 Å². The number of allylic oxidation sites excluding steroid dienone is 1. The minimum atomic E-state index is -1.15. The van der Waals surface area contributed by atoms with Gasteiger partial charge in [-0.15, -0.1) is 0 Å². The number of nitrogens with one attached hydrogen (secondary N) is 3. The fourth-order valence-corrected chi connectivity index (χ4v) is 6.21. The zero-order valence-corrected chi connectivity index (χ0v) is 28.8. The number of rotatable bonds is 13. The van der Waals surface area contributed by atoms with Crippen molar-refractivity contribution in [1.82, 2.24) is 16.1 Å². The number of hydrazone groups is 1. The topological polar surface area (TPSA) is 164 Å². The minimum Gasteiger partial charge on any atom is -0.490 e. The van der Waals surface area contributed by atoms with E-state index in [2.05, 4.69) is 65.8 Å². The summed E-state index contributed by atoms with van der Waals surface area (Å²) in [5.74, 6) is 0.821. The molecule has 46 heavy (non-hydrogen) atoms. The van der Waals surface area contributed by atoms with Gasteiger partial charge in [0.2, 0.25) is 0 Å². The lowest BCUT2D eigenvalue weighted by molar-refractivity contribution is -0.136. The average molecular weight is 804 g/mol. The molecule has 2 amide bonds. The van der Waals surface area contributed by atoms with Gasteiger partial charge in [-0.25, -0.2) is 9.59 Å². The van der Waals surface area contributed by atoms with Crippen LogP contribution in [0.4, 0.5) is 4.79 Å². The van der Waals surface area contributed by atoms with Crippen molar-refractivity contribution >= 4 is 56.7 Å². The Balaban J connectivity index is 1.36. The van der Waals surface area contributed by atoms with Gasteiger partial charge in [-0.05, 0) is 105 Å². The van der Waals surface area contributed by atoms with Gasteiger partial charge in [0.1, 0.15) is 19.0 Å². The fourth-order valence-electron chi connectivity index (χ4n) is 4.44. The van der Waals surface area contributed by atoms with E-state index in [1.54, 1.807) is 43.5 Å². The number of hydrogen-bond donors (Lipinski definition) is 4. The lowest BCUT2D eigenvalue weighted by Gasteiger charge is -2.28. The molecule has 0 bridgehead atoms. The van der Waals surface area contributed by atoms with Gasteiger partial charge in [0, 0.05) is 5.70 Å². The molecule has 12 nitrogen and oxygen atoms in total. The van der Waals surface area contributed by atoms with Crippen LogP contribution in [0.15, 0.2) is 75.4 Å². The highest BCUT2D eigenvalue weighted by atomic mass is 127. The number of hydrogen-bond acceptors (Lipinski definition) is 10. The Morgan fingerprint density at radius 1 is 1.17 bits per heavy atom. The summed E-state index contributed by atoms with van der Waals surface area (Å²) in [6, 6.07) is 16.8. The van der Waals surface area contributed by atoms with Crippen molar-refractivity contribution in [2.75, 3.05) is 20.3 Å². The van der Waals surface area contributed by atoms with Gasteiger partial charge in [0.25, 0.3) is 0 Å². The van der Waals surface area contributed by atoms with Crippen molar-refractivity contribution in [3.8, 4) is 23.3 Å². The van der Waals surface area contributed by atoms with Crippen molar-refractivity contribution in [3.05, 3.63) is 96.2 Å². The highest BCUT2D eigenvalue weighted by molar-refractivity contribution is 14.1. The second-order valence-electron chi connectivity index (χ2n) is 9.83. The maximum atomic E-state index is 12.5. The molecule has 14 heteroatoms. The van der Waals surface area contributed by atoms with E-state index in [0.29, 0.717) is 47.3 Å². The molecule has 0 saturated carbocycles. The number of carbonyl (C=O) groups excluding carboxylic acids is 2. The standard InChI is InChI=1S/C32H31BrIN5O7/c1-4-44-26-13-22(29-28(31(41)43-3)18(2)37-32(42)38-29)9-10-25(26)45-17-27(40)39-36-15-21-11-23(33)30(24(34)12-21)46-16-20-7-5-19(14-35)6-8-20/h5-13,15,27,29,39-40H,4,16-17H2,1-3H3,(H2,37,38,42)/b36-15+/t27-,29+/m1/s1. The van der Waals surface area contributed by atoms with Crippen molar-refractivity contribution in [2.24, 2.45) is 5.10 Å². The zero-order chi connectivity index (χ0) is 33.2. The van der Waals surface area contributed by atoms with Crippen LogP contribution in [0.1, 0.15) is 42.1 Å². The molecule has 0 saturated heterocycles. The third kappa shape index (κ3) is 8.89. The molecular formula is C32H31BrIN5O7. The molecule has 3 aromatic carbocycles. The van der Waals surface area contributed by atoms with Gasteiger partial charge in [-0.1, -0.05) is 18.2 Å². The van der Waals surface area contributed by atoms with Crippen molar-refractivity contribution in [2.45, 2.75) is 32.7 Å². The predicted molar refractivity (Wildman–Crippen MR) is 181 cm³/mol. The van der Waals surface area contributed by atoms with Crippen LogP contribution in [-0.4, -0.2) is 49.9 Å². The van der Waals surface area contributed by atoms with Crippen molar-refractivity contribution in [3.63, 3.8) is 0 Å². The largest absolute Gasteiger partial charge is 0.490 e. The Labute approximate surface area is 288 Å². The molecule has 1 aliphatic rings. The number of carbonyl (C=O) groups is 2. The number of amides is 2. The van der Waals surface area contributed by atoms with Gasteiger partial charge in [-0.2, -0.15) is 10.4 Å². The summed E-state index contributed by atoms with van der Waals surface area (Å²) < 4.78 is 24.1. The molecule has 1 heterocycles. The molecular weight excluding hydrogens is 773 g/mol. The van der Waals surface area contributed by atoms with Crippen LogP contribution in [0.5, 0.6) is 17.2 Å². The monoisotopic (exact) mass is 803 g/mol. The summed E-state index contributed by atoms with van der Waals surface area (Å²) in [6.45, 7) is 3.95. The first kappa shape index (κ1) is 34.5. The Bertz CT molecular complexity index is 1670. The number of aliphatic hydroxyl groups is 1. The van der Waals surface area contributed by atoms with Gasteiger partial charge >= 0.3 is 12.0 Å². The number of nitrogens with zero attached hydrogens (tertiary/aromatic N) is 2. The Hall–Kier alpha value is -4.33. The number of nitriles is 1. The van der Waals surface area contributed by atoms with E-state index < -0.39 is 24.3 Å². The molecule has 0 aromatic heterocycles. The highest BCUT2D eigenvalue weighted by Gasteiger charge is 2.32. The summed E-state index contributed by atoms with van der Waals surface area (Å²) in [5.41, 5.74) is 6.16. The number of benzene rings is 3. The predicted octanol–water partition coefficient (Wildman–Crippen LogP) is 5.02. The first-order chi connectivity index (χ1) is 22.1. The average Bonchev–Trinajstić information content (AvgIpc) is 3.03. The Morgan fingerprint density at radius 2 is 1.93 bits per heavy atom. The minimum absolute atomic E-state index is 0.156. The van der Waals surface area contributed by atoms with Gasteiger partial charge in [0.05, 0.1) is 51.2 Å². The molecule has 240 valence electrons. The molecule has 1 aliphatic heterocycles. The molecule has 0 spiro atoms. The fraction of sp³-hybridized carbons (Fsp3) is 0.250. The first-order valence-corrected chi connectivity index (χ1v) is 15.8. The molecule has 4 rings (SSSR count). The molecule has 4 N–H and O–H groups in total. The quantitative estimate of drug-likeness (QED) is 0.0611. The summed E-state index contributed by atoms with van der Waals surface area (Å²) in [5, 5.41) is 28.9. The van der Waals surface area contributed by atoms with Crippen LogP contribution in [0.2, 0.25) is 0 Å². The summed E-state index contributed by atoms with van der Waals surface area (Å²) in [6.07, 6.45) is 0.408. The molecule has 0 aliphatic carbocycles. The molecule has 0 unspecified atom stereocenters. The highest BCUT2D eigenvalue weighted by Crippen LogP contribution is 2.35. The maximum absolute atomic E-state index is 12.5. The van der Waals surface area contributed by atoms with E-state index in [9.17, 15) is 14.7 Å². The van der Waals surface area contributed by atoms with Crippen LogP contribution < -0.4 is 30.3 Å². The van der Waals surface area contributed by atoms with Crippen LogP contribution in [0.25, 0.3) is 0 Å². The third-order valence-electron chi connectivity index (χ3n) is 6.60. The number of esters is 1. The van der Waals surface area contributed by atoms with Gasteiger partial charge in [0.15, 0.2) is 17.7 Å². The molecule has 0 fully saturated rings. The number of urea groups is 1. The SMILES string of the molecule is CCOc1cc([C@@H]2NC(=O)NC(C)=C2C(=O)OC)ccc1OC[C@@H](O)N/N=C/c1cc(Br)c(OCc2ccc(C#N)cc2)c(I)c1. The second-order valence-corrected chi connectivity index (χ2v) is 11.8. The molecule has 0 radical (unpaired) electrons. The lowest BCUT2D eigenvalue weighted by Crippen LogP contribution is -2.45. The number of methoxy groups -OCH3 is 1. The van der Waals surface area contributed by atoms with Crippen LogP contribution in [-0.2, 0) is 16.1 Å². The lowest BCUT2D eigenvalue weighted by atomic mass is 9.95. The third-order valence-corrected chi connectivity index (χ3v) is 7.99. The summed E-state index contributed by atoms with van der Waals surface area (Å²) in [7, 11) is 1.27. The van der Waals surface area contributed by atoms with E-state index in [4.69, 9.17) is 24.2 Å². The van der Waals surface area contributed by atoms with E-state index in [1.165, 1.54) is 7.11 Å². The Kier molecular flexibility index (Phi) is 12.2. The smallest absolute Gasteiger partial charge is 0.337 e. The van der Waals surface area contributed by atoms with Crippen molar-refractivity contribution in [1.29, 1.82) is 5.26 Å². The molecule has 2 atom stereocenters. The van der Waals surface area contributed by atoms with E-state index in [1.807, 2.05) is 31.2 Å². The summed E-state index contributed by atoms with van der Waals surface area (Å²) >= 11 is 5.72. The van der Waals surface area contributed by atoms with E-state index in [-0.39, 0.29) is 12.2 Å². The van der Waals surface area contributed by atoms with E-state index in [0.717, 1.165) is 19.2 Å². The maximum Gasteiger partial charge on any atom is 0.337 e. The normalized spacial score (nSPS) is 15.0. The van der Waals surface area contributed by atoms with E-state index >= 15 is 0 Å². The Morgan fingerprint density at radius 3 is 2.61 bits per heavy atom. The number of aliphatic hydroxyl groups excluding tert-OH is 1. The first-order valence-electron chi connectivity index (χ1n) is 14.0.